The summed E-state index contributed by atoms with van der Waals surface area (Å²) in [5.74, 6) is 1.14. The summed E-state index contributed by atoms with van der Waals surface area (Å²) in [5.41, 5.74) is 12.7. The third-order valence-corrected chi connectivity index (χ3v) is 5.66. The fourth-order valence-corrected chi connectivity index (χ4v) is 3.21. The van der Waals surface area contributed by atoms with E-state index in [2.05, 4.69) is 4.98 Å². The van der Waals surface area contributed by atoms with Gasteiger partial charge in [0.25, 0.3) is 0 Å². The minimum absolute atomic E-state index is 0.0266. The van der Waals surface area contributed by atoms with Crippen molar-refractivity contribution in [3.8, 4) is 29.1 Å². The maximum atomic E-state index is 11.9. The number of aromatic nitrogens is 1. The number of pyridine rings is 1. The fourth-order valence-electron chi connectivity index (χ4n) is 2.43. The zero-order valence-corrected chi connectivity index (χ0v) is 16.3. The van der Waals surface area contributed by atoms with E-state index in [1.165, 1.54) is 30.5 Å². The third-order valence-electron chi connectivity index (χ3n) is 4.02. The van der Waals surface area contributed by atoms with Crippen LogP contribution in [0.15, 0.2) is 59.8 Å². The average Bonchev–Trinajstić information content (AvgIpc) is 2.72. The number of para-hydroxylation sites is 1. The van der Waals surface area contributed by atoms with Gasteiger partial charge < -0.3 is 20.9 Å². The van der Waals surface area contributed by atoms with Crippen molar-refractivity contribution in [3.63, 3.8) is 0 Å². The fraction of sp³-hybridized carbons (Fsp3) is 0.100. The third kappa shape index (κ3) is 4.39. The largest absolute Gasteiger partial charge is 0.456 e. The van der Waals surface area contributed by atoms with E-state index in [0.29, 0.717) is 22.8 Å². The number of nitrogen functional groups attached to an aromatic ring is 2. The quantitative estimate of drug-likeness (QED) is 0.588. The molecule has 0 unspecified atom stereocenters. The van der Waals surface area contributed by atoms with E-state index in [4.69, 9.17) is 20.9 Å². The zero-order chi connectivity index (χ0) is 21.0. The number of hydrogen-bond acceptors (Lipinski definition) is 8. The second-order valence-electron chi connectivity index (χ2n) is 5.97. The molecule has 9 heteroatoms. The summed E-state index contributed by atoms with van der Waals surface area (Å²) in [4.78, 5) is 3.93. The van der Waals surface area contributed by atoms with Crippen molar-refractivity contribution >= 4 is 21.2 Å². The first-order valence-electron chi connectivity index (χ1n) is 8.56. The molecule has 0 saturated carbocycles. The predicted octanol–water partition coefficient (Wildman–Crippen LogP) is 3.50. The topological polar surface area (TPSA) is 141 Å². The van der Waals surface area contributed by atoms with Gasteiger partial charge in [-0.15, -0.1) is 0 Å². The summed E-state index contributed by atoms with van der Waals surface area (Å²) in [6.07, 6.45) is 1.31. The minimum atomic E-state index is -3.40. The number of nitriles is 1. The van der Waals surface area contributed by atoms with Gasteiger partial charge in [-0.25, -0.2) is 13.4 Å². The van der Waals surface area contributed by atoms with Crippen LogP contribution in [0.4, 0.5) is 11.4 Å². The lowest BCUT2D eigenvalue weighted by Crippen LogP contribution is -2.05. The molecule has 0 aliphatic rings. The Balaban J connectivity index is 1.89. The number of nitrogens with zero attached hydrogens (tertiary/aromatic N) is 2. The SMILES string of the molecule is CCS(=O)(=O)c1ccc(Oc2cc(N)c(N)c(Oc3ccccc3C#N)c2)cn1. The number of benzene rings is 2. The van der Waals surface area contributed by atoms with E-state index in [9.17, 15) is 13.7 Å². The number of ether oxygens (including phenoxy) is 2. The summed E-state index contributed by atoms with van der Waals surface area (Å²) < 4.78 is 35.2. The molecule has 29 heavy (non-hydrogen) atoms. The van der Waals surface area contributed by atoms with E-state index < -0.39 is 9.84 Å². The van der Waals surface area contributed by atoms with Gasteiger partial charge in [-0.2, -0.15) is 5.26 Å². The zero-order valence-electron chi connectivity index (χ0n) is 15.5. The molecule has 1 aromatic heterocycles. The van der Waals surface area contributed by atoms with Crippen LogP contribution in [-0.4, -0.2) is 19.2 Å². The van der Waals surface area contributed by atoms with Gasteiger partial charge in [-0.3, -0.25) is 0 Å². The van der Waals surface area contributed by atoms with Crippen LogP contribution in [0.3, 0.4) is 0 Å². The van der Waals surface area contributed by atoms with E-state index in [1.54, 1.807) is 31.2 Å². The van der Waals surface area contributed by atoms with Crippen molar-refractivity contribution in [3.05, 3.63) is 60.3 Å². The number of hydrogen-bond donors (Lipinski definition) is 2. The molecule has 0 fully saturated rings. The molecule has 0 aliphatic carbocycles. The number of anilines is 2. The molecule has 0 atom stereocenters. The Morgan fingerprint density at radius 1 is 1.03 bits per heavy atom. The van der Waals surface area contributed by atoms with E-state index >= 15 is 0 Å². The lowest BCUT2D eigenvalue weighted by molar-refractivity contribution is 0.460. The first-order chi connectivity index (χ1) is 13.8. The second kappa shape index (κ2) is 8.08. The Morgan fingerprint density at radius 3 is 2.45 bits per heavy atom. The van der Waals surface area contributed by atoms with Crippen LogP contribution in [0.1, 0.15) is 12.5 Å². The Kier molecular flexibility index (Phi) is 5.57. The number of nitrogens with two attached hydrogens (primary N) is 2. The monoisotopic (exact) mass is 410 g/mol. The number of rotatable bonds is 6. The second-order valence-corrected chi connectivity index (χ2v) is 8.20. The Hall–Kier alpha value is -3.77. The van der Waals surface area contributed by atoms with Gasteiger partial charge in [0, 0.05) is 12.1 Å². The standard InChI is InChI=1S/C20H18N4O4S/c1-2-29(25,26)19-8-7-14(12-24-19)27-15-9-16(22)20(23)18(10-15)28-17-6-4-3-5-13(17)11-21/h3-10,12H,2,22-23H2,1H3. The Labute approximate surface area is 168 Å². The maximum Gasteiger partial charge on any atom is 0.195 e. The molecule has 0 radical (unpaired) electrons. The van der Waals surface area contributed by atoms with Crippen LogP contribution in [0.5, 0.6) is 23.0 Å². The summed E-state index contributed by atoms with van der Waals surface area (Å²) >= 11 is 0. The summed E-state index contributed by atoms with van der Waals surface area (Å²) in [6, 6.07) is 14.6. The molecule has 0 bridgehead atoms. The summed E-state index contributed by atoms with van der Waals surface area (Å²) in [7, 11) is -3.40. The van der Waals surface area contributed by atoms with Gasteiger partial charge in [0.05, 0.1) is 28.9 Å². The molecule has 3 aromatic rings. The Morgan fingerprint density at radius 2 is 1.79 bits per heavy atom. The van der Waals surface area contributed by atoms with Crippen LogP contribution >= 0.6 is 0 Å². The highest BCUT2D eigenvalue weighted by Gasteiger charge is 2.15. The van der Waals surface area contributed by atoms with Crippen LogP contribution in [0.25, 0.3) is 0 Å². The molecule has 4 N–H and O–H groups in total. The highest BCUT2D eigenvalue weighted by atomic mass is 32.2. The van der Waals surface area contributed by atoms with Crippen molar-refractivity contribution in [2.75, 3.05) is 17.2 Å². The van der Waals surface area contributed by atoms with Crippen molar-refractivity contribution in [1.82, 2.24) is 4.98 Å². The van der Waals surface area contributed by atoms with Gasteiger partial charge in [-0.1, -0.05) is 19.1 Å². The molecule has 0 spiro atoms. The first kappa shape index (κ1) is 20.0. The molecule has 0 saturated heterocycles. The maximum absolute atomic E-state index is 11.9. The minimum Gasteiger partial charge on any atom is -0.456 e. The molecule has 0 amide bonds. The molecule has 2 aromatic carbocycles. The van der Waals surface area contributed by atoms with Crippen LogP contribution in [0, 0.1) is 11.3 Å². The van der Waals surface area contributed by atoms with Gasteiger partial charge in [0.1, 0.15) is 23.3 Å². The highest BCUT2D eigenvalue weighted by molar-refractivity contribution is 7.91. The van der Waals surface area contributed by atoms with Gasteiger partial charge in [0.2, 0.25) is 0 Å². The van der Waals surface area contributed by atoms with Crippen molar-refractivity contribution in [2.45, 2.75) is 11.9 Å². The predicted molar refractivity (Wildman–Crippen MR) is 109 cm³/mol. The lowest BCUT2D eigenvalue weighted by atomic mass is 10.2. The smallest absolute Gasteiger partial charge is 0.195 e. The van der Waals surface area contributed by atoms with Crippen LogP contribution in [-0.2, 0) is 9.84 Å². The normalized spacial score (nSPS) is 10.9. The van der Waals surface area contributed by atoms with Crippen LogP contribution in [0.2, 0.25) is 0 Å². The van der Waals surface area contributed by atoms with Gasteiger partial charge in [0.15, 0.2) is 20.6 Å². The summed E-state index contributed by atoms with van der Waals surface area (Å²) in [6.45, 7) is 1.55. The molecule has 0 aliphatic heterocycles. The van der Waals surface area contributed by atoms with E-state index in [0.717, 1.165) is 0 Å². The van der Waals surface area contributed by atoms with Gasteiger partial charge >= 0.3 is 0 Å². The van der Waals surface area contributed by atoms with Gasteiger partial charge in [-0.05, 0) is 24.3 Å². The molecule has 8 nitrogen and oxygen atoms in total. The molecule has 3 rings (SSSR count). The Bertz CT molecular complexity index is 1190. The molecule has 148 valence electrons. The molecule has 1 heterocycles. The average molecular weight is 410 g/mol. The molecular weight excluding hydrogens is 392 g/mol. The first-order valence-corrected chi connectivity index (χ1v) is 10.2. The van der Waals surface area contributed by atoms with Crippen molar-refractivity contribution in [2.24, 2.45) is 0 Å². The van der Waals surface area contributed by atoms with Crippen molar-refractivity contribution in [1.29, 1.82) is 5.26 Å². The highest BCUT2D eigenvalue weighted by Crippen LogP contribution is 2.38. The summed E-state index contributed by atoms with van der Waals surface area (Å²) in [5, 5.41) is 9.18. The lowest BCUT2D eigenvalue weighted by Gasteiger charge is -2.14. The van der Waals surface area contributed by atoms with Crippen molar-refractivity contribution < 1.29 is 17.9 Å². The van der Waals surface area contributed by atoms with Crippen LogP contribution < -0.4 is 20.9 Å². The van der Waals surface area contributed by atoms with E-state index in [-0.39, 0.29) is 27.9 Å². The number of sulfone groups is 1. The molecular formula is C20H18N4O4S. The van der Waals surface area contributed by atoms with E-state index in [1.807, 2.05) is 6.07 Å².